The van der Waals surface area contributed by atoms with Crippen LogP contribution in [0.2, 0.25) is 0 Å². The van der Waals surface area contributed by atoms with Crippen molar-refractivity contribution in [3.8, 4) is 6.01 Å². The zero-order valence-corrected chi connectivity index (χ0v) is 11.8. The van der Waals surface area contributed by atoms with Gasteiger partial charge in [-0.25, -0.2) is 5.84 Å². The predicted octanol–water partition coefficient (Wildman–Crippen LogP) is 0.517. The van der Waals surface area contributed by atoms with Gasteiger partial charge in [-0.3, -0.25) is 5.43 Å². The normalized spacial score (nSPS) is 14.1. The molecule has 8 nitrogen and oxygen atoms in total. The van der Waals surface area contributed by atoms with E-state index in [0.29, 0.717) is 12.4 Å². The molecule has 0 saturated carbocycles. The van der Waals surface area contributed by atoms with Crippen LogP contribution >= 0.6 is 0 Å². The second-order valence-electron chi connectivity index (χ2n) is 4.77. The molecule has 5 N–H and O–H groups in total. The number of nitrogens with two attached hydrogens (primary N) is 1. The quantitative estimate of drug-likeness (QED) is 0.418. The van der Waals surface area contributed by atoms with Gasteiger partial charge in [0.1, 0.15) is 0 Å². The molecular formula is C11H22N6O2. The van der Waals surface area contributed by atoms with E-state index in [0.717, 1.165) is 0 Å². The number of nitrogens with one attached hydrogen (secondary N) is 2. The summed E-state index contributed by atoms with van der Waals surface area (Å²) in [6.45, 7) is 7.53. The van der Waals surface area contributed by atoms with E-state index in [9.17, 15) is 5.11 Å². The number of ether oxygens (including phenoxy) is 1. The molecule has 0 aliphatic rings. The van der Waals surface area contributed by atoms with Crippen LogP contribution in [0.1, 0.15) is 34.1 Å². The zero-order chi connectivity index (χ0) is 14.5. The van der Waals surface area contributed by atoms with Gasteiger partial charge in [0.15, 0.2) is 0 Å². The number of aliphatic hydroxyl groups is 1. The van der Waals surface area contributed by atoms with E-state index in [4.69, 9.17) is 10.6 Å². The highest BCUT2D eigenvalue weighted by Gasteiger charge is 2.22. The SMILES string of the molecule is CCC(C)(CO)Nc1nc(NN)nc(OC(C)C)n1. The van der Waals surface area contributed by atoms with Gasteiger partial charge in [0.25, 0.3) is 0 Å². The highest BCUT2D eigenvalue weighted by atomic mass is 16.5. The van der Waals surface area contributed by atoms with Crippen LogP contribution in [0.4, 0.5) is 11.9 Å². The third-order valence-corrected chi connectivity index (χ3v) is 2.63. The van der Waals surface area contributed by atoms with Gasteiger partial charge in [-0.1, -0.05) is 6.92 Å². The highest BCUT2D eigenvalue weighted by molar-refractivity contribution is 5.37. The Morgan fingerprint density at radius 3 is 2.42 bits per heavy atom. The Bertz CT molecular complexity index is 408. The maximum absolute atomic E-state index is 9.38. The van der Waals surface area contributed by atoms with Crippen LogP contribution in [0.3, 0.4) is 0 Å². The van der Waals surface area contributed by atoms with Gasteiger partial charge in [-0.15, -0.1) is 0 Å². The summed E-state index contributed by atoms with van der Waals surface area (Å²) in [5.41, 5.74) is 1.85. The molecule has 0 aromatic carbocycles. The first kappa shape index (κ1) is 15.4. The lowest BCUT2D eigenvalue weighted by atomic mass is 10.0. The van der Waals surface area contributed by atoms with Crippen LogP contribution in [0.15, 0.2) is 0 Å². The van der Waals surface area contributed by atoms with Gasteiger partial charge < -0.3 is 15.2 Å². The molecule has 1 aromatic heterocycles. The molecule has 0 radical (unpaired) electrons. The van der Waals surface area contributed by atoms with Gasteiger partial charge >= 0.3 is 6.01 Å². The molecule has 108 valence electrons. The lowest BCUT2D eigenvalue weighted by Gasteiger charge is -2.27. The molecule has 0 aliphatic heterocycles. The molecule has 0 aliphatic carbocycles. The minimum absolute atomic E-state index is 0.0407. The molecule has 1 heterocycles. The van der Waals surface area contributed by atoms with Gasteiger partial charge in [0.05, 0.1) is 18.2 Å². The standard InChI is InChI=1S/C11H22N6O2/c1-5-11(4,6-18)16-8-13-9(17-12)15-10(14-8)19-7(2)3/h7,18H,5-6,12H2,1-4H3,(H2,13,14,15,16,17). The van der Waals surface area contributed by atoms with Crippen LogP contribution in [0, 0.1) is 0 Å². The van der Waals surface area contributed by atoms with Gasteiger partial charge in [0, 0.05) is 0 Å². The molecule has 8 heteroatoms. The fraction of sp³-hybridized carbons (Fsp3) is 0.727. The minimum atomic E-state index is -0.512. The Balaban J connectivity index is 2.99. The number of rotatable bonds is 7. The van der Waals surface area contributed by atoms with E-state index in [1.54, 1.807) is 0 Å². The van der Waals surface area contributed by atoms with Crippen molar-refractivity contribution in [3.63, 3.8) is 0 Å². The summed E-state index contributed by atoms with van der Waals surface area (Å²) in [5, 5.41) is 12.4. The summed E-state index contributed by atoms with van der Waals surface area (Å²) in [4.78, 5) is 12.2. The van der Waals surface area contributed by atoms with Gasteiger partial charge in [-0.05, 0) is 27.2 Å². The molecule has 0 bridgehead atoms. The second-order valence-corrected chi connectivity index (χ2v) is 4.77. The zero-order valence-electron chi connectivity index (χ0n) is 11.8. The molecule has 1 unspecified atom stereocenters. The maximum atomic E-state index is 9.38. The fourth-order valence-corrected chi connectivity index (χ4v) is 1.25. The molecule has 1 atom stereocenters. The van der Waals surface area contributed by atoms with E-state index >= 15 is 0 Å². The number of aliphatic hydroxyl groups excluding tert-OH is 1. The minimum Gasteiger partial charge on any atom is -0.461 e. The summed E-state index contributed by atoms with van der Waals surface area (Å²) >= 11 is 0. The van der Waals surface area contributed by atoms with Crippen molar-refractivity contribution < 1.29 is 9.84 Å². The van der Waals surface area contributed by atoms with E-state index in [1.165, 1.54) is 0 Å². The first-order valence-electron chi connectivity index (χ1n) is 6.21. The van der Waals surface area contributed by atoms with Crippen LogP contribution in [0.25, 0.3) is 0 Å². The topological polar surface area (TPSA) is 118 Å². The van der Waals surface area contributed by atoms with Gasteiger partial charge in [0.2, 0.25) is 11.9 Å². The number of aromatic nitrogens is 3. The summed E-state index contributed by atoms with van der Waals surface area (Å²) in [5.74, 6) is 5.81. The molecule has 1 aromatic rings. The molecule has 19 heavy (non-hydrogen) atoms. The molecule has 0 spiro atoms. The lowest BCUT2D eigenvalue weighted by molar-refractivity contribution is 0.214. The van der Waals surface area contributed by atoms with Crippen molar-refractivity contribution in [1.82, 2.24) is 15.0 Å². The first-order chi connectivity index (χ1) is 8.92. The lowest BCUT2D eigenvalue weighted by Crippen LogP contribution is -2.38. The van der Waals surface area contributed by atoms with Crippen molar-refractivity contribution in [2.45, 2.75) is 45.8 Å². The van der Waals surface area contributed by atoms with Crippen LogP contribution in [-0.2, 0) is 0 Å². The number of hydrazine groups is 1. The number of hydrogen-bond donors (Lipinski definition) is 4. The van der Waals surface area contributed by atoms with E-state index in [-0.39, 0.29) is 24.7 Å². The molecule has 0 saturated heterocycles. The monoisotopic (exact) mass is 270 g/mol. The van der Waals surface area contributed by atoms with Gasteiger partial charge in [-0.2, -0.15) is 15.0 Å². The van der Waals surface area contributed by atoms with Crippen molar-refractivity contribution in [3.05, 3.63) is 0 Å². The second kappa shape index (κ2) is 6.48. The largest absolute Gasteiger partial charge is 0.461 e. The highest BCUT2D eigenvalue weighted by Crippen LogP contribution is 2.18. The van der Waals surface area contributed by atoms with E-state index < -0.39 is 5.54 Å². The molecule has 0 amide bonds. The third kappa shape index (κ3) is 4.49. The Kier molecular flexibility index (Phi) is 5.25. The average Bonchev–Trinajstić information content (AvgIpc) is 2.37. The molecular weight excluding hydrogens is 248 g/mol. The molecule has 0 fully saturated rings. The van der Waals surface area contributed by atoms with Crippen LogP contribution < -0.4 is 21.3 Å². The maximum Gasteiger partial charge on any atom is 0.323 e. The first-order valence-corrected chi connectivity index (χ1v) is 6.21. The smallest absolute Gasteiger partial charge is 0.323 e. The van der Waals surface area contributed by atoms with E-state index in [2.05, 4.69) is 25.7 Å². The summed E-state index contributed by atoms with van der Waals surface area (Å²) in [7, 11) is 0. The number of anilines is 2. The van der Waals surface area contributed by atoms with Crippen molar-refractivity contribution in [1.29, 1.82) is 0 Å². The number of nitrogen functional groups attached to an aromatic ring is 1. The van der Waals surface area contributed by atoms with Crippen molar-refractivity contribution in [2.24, 2.45) is 5.84 Å². The number of hydrogen-bond acceptors (Lipinski definition) is 8. The summed E-state index contributed by atoms with van der Waals surface area (Å²) in [6, 6.07) is 0.178. The Morgan fingerprint density at radius 1 is 1.32 bits per heavy atom. The summed E-state index contributed by atoms with van der Waals surface area (Å²) in [6.07, 6.45) is 0.650. The Labute approximate surface area is 112 Å². The predicted molar refractivity (Wildman–Crippen MR) is 72.8 cm³/mol. The average molecular weight is 270 g/mol. The van der Waals surface area contributed by atoms with Crippen molar-refractivity contribution >= 4 is 11.9 Å². The third-order valence-electron chi connectivity index (χ3n) is 2.63. The van der Waals surface area contributed by atoms with Crippen LogP contribution in [0.5, 0.6) is 6.01 Å². The fourth-order valence-electron chi connectivity index (χ4n) is 1.25. The summed E-state index contributed by atoms with van der Waals surface area (Å²) < 4.78 is 5.42. The van der Waals surface area contributed by atoms with Crippen molar-refractivity contribution in [2.75, 3.05) is 17.3 Å². The molecule has 1 rings (SSSR count). The van der Waals surface area contributed by atoms with E-state index in [1.807, 2.05) is 27.7 Å². The Hall–Kier alpha value is -1.67. The Morgan fingerprint density at radius 2 is 1.95 bits per heavy atom. The number of nitrogens with zero attached hydrogens (tertiary/aromatic N) is 3. The van der Waals surface area contributed by atoms with Crippen LogP contribution in [-0.4, -0.2) is 38.3 Å².